The fourth-order valence-corrected chi connectivity index (χ4v) is 2.89. The summed E-state index contributed by atoms with van der Waals surface area (Å²) in [7, 11) is 0. The molecule has 3 heteroatoms. The van der Waals surface area contributed by atoms with E-state index < -0.39 is 5.54 Å². The van der Waals surface area contributed by atoms with Gasteiger partial charge in [-0.25, -0.2) is 0 Å². The predicted molar refractivity (Wildman–Crippen MR) is 66.7 cm³/mol. The summed E-state index contributed by atoms with van der Waals surface area (Å²) < 4.78 is 1.24. The summed E-state index contributed by atoms with van der Waals surface area (Å²) in [6.07, 6.45) is 2.20. The molecule has 0 atom stereocenters. The van der Waals surface area contributed by atoms with E-state index >= 15 is 0 Å². The smallest absolute Gasteiger partial charge is 0.157 e. The van der Waals surface area contributed by atoms with E-state index in [4.69, 9.17) is 5.73 Å². The van der Waals surface area contributed by atoms with E-state index in [9.17, 15) is 4.79 Å². The van der Waals surface area contributed by atoms with E-state index in [-0.39, 0.29) is 5.78 Å². The third-order valence-corrected chi connectivity index (χ3v) is 4.27. The van der Waals surface area contributed by atoms with Crippen LogP contribution >= 0.6 is 11.3 Å². The summed E-state index contributed by atoms with van der Waals surface area (Å²) in [5.74, 6) is 0.191. The van der Waals surface area contributed by atoms with Gasteiger partial charge in [-0.2, -0.15) is 0 Å². The largest absolute Gasteiger partial charge is 0.319 e. The maximum atomic E-state index is 11.9. The minimum atomic E-state index is -0.497. The van der Waals surface area contributed by atoms with Gasteiger partial charge >= 0.3 is 0 Å². The van der Waals surface area contributed by atoms with E-state index in [1.165, 1.54) is 10.1 Å². The highest BCUT2D eigenvalue weighted by Gasteiger charge is 2.45. The second-order valence-electron chi connectivity index (χ2n) is 4.51. The van der Waals surface area contributed by atoms with Crippen molar-refractivity contribution >= 4 is 27.2 Å². The molecule has 2 nitrogen and oxygen atoms in total. The molecule has 82 valence electrons. The molecular formula is C13H13NOS. The summed E-state index contributed by atoms with van der Waals surface area (Å²) >= 11 is 1.69. The van der Waals surface area contributed by atoms with E-state index in [1.807, 2.05) is 12.1 Å². The Balaban J connectivity index is 1.92. The maximum absolute atomic E-state index is 11.9. The number of hydrogen-bond donors (Lipinski definition) is 1. The Kier molecular flexibility index (Phi) is 2.13. The zero-order valence-corrected chi connectivity index (χ0v) is 9.72. The van der Waals surface area contributed by atoms with Gasteiger partial charge in [0.05, 0.1) is 5.54 Å². The van der Waals surface area contributed by atoms with Gasteiger partial charge in [0, 0.05) is 11.1 Å². The normalized spacial score (nSPS) is 17.6. The minimum absolute atomic E-state index is 0.191. The van der Waals surface area contributed by atoms with Crippen LogP contribution in [0.3, 0.4) is 0 Å². The average molecular weight is 231 g/mol. The number of hydrogen-bond acceptors (Lipinski definition) is 3. The maximum Gasteiger partial charge on any atom is 0.157 e. The summed E-state index contributed by atoms with van der Waals surface area (Å²) in [6, 6.07) is 8.20. The molecule has 0 saturated heterocycles. The van der Waals surface area contributed by atoms with E-state index in [1.54, 1.807) is 11.3 Å². The third kappa shape index (κ3) is 1.56. The average Bonchev–Trinajstić information content (AvgIpc) is 2.92. The molecule has 1 saturated carbocycles. The van der Waals surface area contributed by atoms with Crippen molar-refractivity contribution in [3.63, 3.8) is 0 Å². The Morgan fingerprint density at radius 3 is 2.88 bits per heavy atom. The van der Waals surface area contributed by atoms with Crippen molar-refractivity contribution in [1.82, 2.24) is 0 Å². The van der Waals surface area contributed by atoms with Crippen molar-refractivity contribution in [3.8, 4) is 0 Å². The fraction of sp³-hybridized carbons (Fsp3) is 0.308. The van der Waals surface area contributed by atoms with Crippen LogP contribution in [0.2, 0.25) is 0 Å². The Hall–Kier alpha value is -1.19. The fourth-order valence-electron chi connectivity index (χ4n) is 1.93. The van der Waals surface area contributed by atoms with Gasteiger partial charge in [0.1, 0.15) is 0 Å². The summed E-state index contributed by atoms with van der Waals surface area (Å²) in [5, 5.41) is 3.28. The molecule has 1 aromatic heterocycles. The van der Waals surface area contributed by atoms with Crippen LogP contribution in [-0.4, -0.2) is 11.3 Å². The molecule has 1 aliphatic carbocycles. The molecule has 0 unspecified atom stereocenters. The SMILES string of the molecule is NC1(C(=O)Cc2csc3ccccc23)CC1. The van der Waals surface area contributed by atoms with Crippen LogP contribution in [0, 0.1) is 0 Å². The molecule has 0 radical (unpaired) electrons. The lowest BCUT2D eigenvalue weighted by atomic mass is 10.0. The van der Waals surface area contributed by atoms with Crippen LogP contribution in [0.1, 0.15) is 18.4 Å². The quantitative estimate of drug-likeness (QED) is 0.882. The van der Waals surface area contributed by atoms with Crippen molar-refractivity contribution in [2.24, 2.45) is 5.73 Å². The number of fused-ring (bicyclic) bond motifs is 1. The first-order valence-electron chi connectivity index (χ1n) is 5.46. The van der Waals surface area contributed by atoms with Gasteiger partial charge in [0.15, 0.2) is 5.78 Å². The lowest BCUT2D eigenvalue weighted by Crippen LogP contribution is -2.33. The molecule has 3 rings (SSSR count). The van der Waals surface area contributed by atoms with Crippen molar-refractivity contribution in [2.45, 2.75) is 24.8 Å². The number of nitrogens with two attached hydrogens (primary N) is 1. The van der Waals surface area contributed by atoms with Crippen molar-refractivity contribution in [1.29, 1.82) is 0 Å². The number of ketones is 1. The Morgan fingerprint density at radius 2 is 2.12 bits per heavy atom. The lowest BCUT2D eigenvalue weighted by molar-refractivity contribution is -0.120. The number of thiophene rings is 1. The number of carbonyl (C=O) groups excluding carboxylic acids is 1. The molecule has 2 N–H and O–H groups in total. The Bertz CT molecular complexity index is 554. The summed E-state index contributed by atoms with van der Waals surface area (Å²) in [4.78, 5) is 11.9. The van der Waals surface area contributed by atoms with E-state index in [2.05, 4.69) is 17.5 Å². The Labute approximate surface area is 98.1 Å². The summed E-state index contributed by atoms with van der Waals surface area (Å²) in [6.45, 7) is 0. The van der Waals surface area contributed by atoms with Gasteiger partial charge in [-0.1, -0.05) is 18.2 Å². The molecule has 1 heterocycles. The van der Waals surface area contributed by atoms with Gasteiger partial charge in [-0.15, -0.1) is 11.3 Å². The molecular weight excluding hydrogens is 218 g/mol. The second-order valence-corrected chi connectivity index (χ2v) is 5.42. The molecule has 2 aromatic rings. The van der Waals surface area contributed by atoms with Gasteiger partial charge < -0.3 is 5.73 Å². The molecule has 1 aliphatic rings. The number of rotatable bonds is 3. The van der Waals surface area contributed by atoms with E-state index in [0.717, 1.165) is 18.4 Å². The first-order chi connectivity index (χ1) is 7.69. The Morgan fingerprint density at radius 1 is 1.38 bits per heavy atom. The standard InChI is InChI=1S/C13H13NOS/c14-13(5-6-13)12(15)7-9-8-16-11-4-2-1-3-10(9)11/h1-4,8H,5-7,14H2. The van der Waals surface area contributed by atoms with Crippen LogP contribution in [0.25, 0.3) is 10.1 Å². The van der Waals surface area contributed by atoms with Crippen LogP contribution in [0.4, 0.5) is 0 Å². The highest BCUT2D eigenvalue weighted by Crippen LogP contribution is 2.35. The second kappa shape index (κ2) is 3.40. The first-order valence-corrected chi connectivity index (χ1v) is 6.34. The van der Waals surface area contributed by atoms with Crippen LogP contribution in [0.15, 0.2) is 29.6 Å². The molecule has 0 amide bonds. The predicted octanol–water partition coefficient (Wildman–Crippen LogP) is 2.50. The third-order valence-electron chi connectivity index (χ3n) is 3.26. The molecule has 16 heavy (non-hydrogen) atoms. The van der Waals surface area contributed by atoms with Gasteiger partial charge in [-0.05, 0) is 35.2 Å². The van der Waals surface area contributed by atoms with Crippen molar-refractivity contribution in [2.75, 3.05) is 0 Å². The number of benzene rings is 1. The molecule has 0 bridgehead atoms. The zero-order valence-electron chi connectivity index (χ0n) is 8.90. The van der Waals surface area contributed by atoms with Gasteiger partial charge in [0.25, 0.3) is 0 Å². The number of Topliss-reactive ketones (excluding diaryl/α,β-unsaturated/α-hetero) is 1. The van der Waals surface area contributed by atoms with E-state index in [0.29, 0.717) is 6.42 Å². The molecule has 1 fully saturated rings. The molecule has 0 spiro atoms. The number of carbonyl (C=O) groups is 1. The summed E-state index contributed by atoms with van der Waals surface area (Å²) in [5.41, 5.74) is 6.53. The zero-order chi connectivity index (χ0) is 11.2. The van der Waals surface area contributed by atoms with Crippen LogP contribution in [0.5, 0.6) is 0 Å². The molecule has 0 aliphatic heterocycles. The van der Waals surface area contributed by atoms with Gasteiger partial charge in [-0.3, -0.25) is 4.79 Å². The van der Waals surface area contributed by atoms with Crippen LogP contribution < -0.4 is 5.73 Å². The topological polar surface area (TPSA) is 43.1 Å². The monoisotopic (exact) mass is 231 g/mol. The minimum Gasteiger partial charge on any atom is -0.319 e. The van der Waals surface area contributed by atoms with Crippen molar-refractivity contribution in [3.05, 3.63) is 35.2 Å². The van der Waals surface area contributed by atoms with Crippen LogP contribution in [-0.2, 0) is 11.2 Å². The van der Waals surface area contributed by atoms with Gasteiger partial charge in [0.2, 0.25) is 0 Å². The van der Waals surface area contributed by atoms with Crippen molar-refractivity contribution < 1.29 is 4.79 Å². The lowest BCUT2D eigenvalue weighted by Gasteiger charge is -2.06. The first kappa shape index (κ1) is 10.00. The highest BCUT2D eigenvalue weighted by atomic mass is 32.1. The molecule has 1 aromatic carbocycles. The highest BCUT2D eigenvalue weighted by molar-refractivity contribution is 7.17.